The Bertz CT molecular complexity index is 1130. The van der Waals surface area contributed by atoms with Crippen LogP contribution in [0.4, 0.5) is 9.18 Å². The van der Waals surface area contributed by atoms with Crippen LogP contribution in [0, 0.1) is 11.7 Å². The Morgan fingerprint density at radius 2 is 2.09 bits per heavy atom. The number of nitrogens with zero attached hydrogens (tertiary/aromatic N) is 3. The number of carbonyl (C=O) groups is 2. The van der Waals surface area contributed by atoms with Crippen LogP contribution in [0.2, 0.25) is 0 Å². The number of sulfonamides is 1. The summed E-state index contributed by atoms with van der Waals surface area (Å²) >= 11 is 0. The van der Waals surface area contributed by atoms with Crippen LogP contribution in [0.5, 0.6) is 5.75 Å². The average molecular weight is 466 g/mol. The minimum Gasteiger partial charge on any atom is -0.490 e. The number of imide groups is 1. The Hall–Kier alpha value is -2.99. The number of amides is 3. The van der Waals surface area contributed by atoms with E-state index in [0.29, 0.717) is 23.8 Å². The van der Waals surface area contributed by atoms with E-state index in [9.17, 15) is 22.4 Å². The van der Waals surface area contributed by atoms with Crippen molar-refractivity contribution in [2.75, 3.05) is 13.2 Å². The molecule has 1 saturated carbocycles. The zero-order valence-electron chi connectivity index (χ0n) is 17.5. The third kappa shape index (κ3) is 5.62. The number of aromatic nitrogens is 2. The van der Waals surface area contributed by atoms with E-state index in [0.717, 1.165) is 12.8 Å². The highest BCUT2D eigenvalue weighted by molar-refractivity contribution is 7.88. The zero-order valence-corrected chi connectivity index (χ0v) is 18.3. The summed E-state index contributed by atoms with van der Waals surface area (Å²) in [4.78, 5) is 24.2. The van der Waals surface area contributed by atoms with Gasteiger partial charge in [0.1, 0.15) is 6.54 Å². The van der Waals surface area contributed by atoms with Gasteiger partial charge >= 0.3 is 6.03 Å². The minimum atomic E-state index is -3.79. The molecule has 4 rings (SSSR count). The van der Waals surface area contributed by atoms with E-state index in [4.69, 9.17) is 4.74 Å². The van der Waals surface area contributed by atoms with E-state index in [1.165, 1.54) is 34.0 Å². The first-order valence-electron chi connectivity index (χ1n) is 10.2. The smallest absolute Gasteiger partial charge is 0.324 e. The molecule has 0 bridgehead atoms. The molecule has 2 heterocycles. The third-order valence-electron chi connectivity index (χ3n) is 5.20. The van der Waals surface area contributed by atoms with Crippen LogP contribution in [0.15, 0.2) is 30.5 Å². The van der Waals surface area contributed by atoms with Gasteiger partial charge in [-0.2, -0.15) is 5.10 Å². The first-order valence-corrected chi connectivity index (χ1v) is 11.9. The molecule has 32 heavy (non-hydrogen) atoms. The van der Waals surface area contributed by atoms with E-state index in [-0.39, 0.29) is 18.8 Å². The molecule has 2 N–H and O–H groups in total. The fourth-order valence-corrected chi connectivity index (χ4v) is 4.55. The highest BCUT2D eigenvalue weighted by atomic mass is 32.2. The first kappa shape index (κ1) is 22.2. The van der Waals surface area contributed by atoms with Gasteiger partial charge in [-0.1, -0.05) is 6.07 Å². The quantitative estimate of drug-likeness (QED) is 0.513. The number of hydrogen-bond donors (Lipinski definition) is 2. The Morgan fingerprint density at radius 1 is 1.31 bits per heavy atom. The predicted octanol–water partition coefficient (Wildman–Crippen LogP) is 1.50. The molecule has 1 atom stereocenters. The minimum absolute atomic E-state index is 0.0624. The van der Waals surface area contributed by atoms with Crippen LogP contribution >= 0.6 is 0 Å². The van der Waals surface area contributed by atoms with E-state index in [1.54, 1.807) is 13.0 Å². The summed E-state index contributed by atoms with van der Waals surface area (Å²) < 4.78 is 48.5. The van der Waals surface area contributed by atoms with Gasteiger partial charge in [0.15, 0.2) is 17.4 Å². The van der Waals surface area contributed by atoms with Gasteiger partial charge in [0.2, 0.25) is 15.9 Å². The summed E-state index contributed by atoms with van der Waals surface area (Å²) in [6, 6.07) is 4.76. The van der Waals surface area contributed by atoms with E-state index in [1.807, 2.05) is 0 Å². The van der Waals surface area contributed by atoms with Crippen molar-refractivity contribution < 1.29 is 27.1 Å². The highest BCUT2D eigenvalue weighted by Crippen LogP contribution is 2.31. The van der Waals surface area contributed by atoms with Crippen molar-refractivity contribution in [2.24, 2.45) is 5.92 Å². The van der Waals surface area contributed by atoms with Crippen LogP contribution in [-0.4, -0.2) is 48.2 Å². The lowest BCUT2D eigenvalue weighted by molar-refractivity contribution is -0.118. The molecule has 172 valence electrons. The number of carbonyl (C=O) groups excluding carboxylic acids is 2. The van der Waals surface area contributed by atoms with Gasteiger partial charge in [-0.25, -0.2) is 22.3 Å². The summed E-state index contributed by atoms with van der Waals surface area (Å²) in [6.07, 6.45) is 3.64. The summed E-state index contributed by atoms with van der Waals surface area (Å²) in [5, 5.41) is 6.33. The van der Waals surface area contributed by atoms with Crippen molar-refractivity contribution in [3.8, 4) is 5.75 Å². The molecule has 1 saturated heterocycles. The van der Waals surface area contributed by atoms with Gasteiger partial charge in [0.25, 0.3) is 0 Å². The van der Waals surface area contributed by atoms with Gasteiger partial charge in [0, 0.05) is 12.2 Å². The maximum absolute atomic E-state index is 14.0. The Morgan fingerprint density at radius 3 is 2.78 bits per heavy atom. The molecular formula is C20H24FN5O5S. The second-order valence-electron chi connectivity index (χ2n) is 8.08. The third-order valence-corrected chi connectivity index (χ3v) is 6.52. The molecule has 10 nitrogen and oxygen atoms in total. The fourth-order valence-electron chi connectivity index (χ4n) is 3.31. The molecule has 1 aliphatic heterocycles. The number of rotatable bonds is 10. The van der Waals surface area contributed by atoms with Crippen molar-refractivity contribution in [3.05, 3.63) is 47.5 Å². The Kier molecular flexibility index (Phi) is 6.15. The lowest BCUT2D eigenvalue weighted by atomic mass is 10.1. The molecule has 0 radical (unpaired) electrons. The molecule has 1 aliphatic carbocycles. The molecule has 2 aromatic rings. The van der Waals surface area contributed by atoms with Crippen LogP contribution in [0.1, 0.15) is 37.1 Å². The topological polar surface area (TPSA) is 123 Å². The largest absolute Gasteiger partial charge is 0.490 e. The first-order chi connectivity index (χ1) is 15.2. The Labute approximate surface area is 184 Å². The van der Waals surface area contributed by atoms with Crippen LogP contribution < -0.4 is 14.8 Å². The fraction of sp³-hybridized carbons (Fsp3) is 0.450. The molecule has 2 fully saturated rings. The van der Waals surface area contributed by atoms with Gasteiger partial charge in [-0.05, 0) is 49.4 Å². The molecule has 12 heteroatoms. The molecular weight excluding hydrogens is 441 g/mol. The standard InChI is InChI=1S/C20H24FN5O5S/c1-13(15-4-5-17(21)18(8-15)31-11-14-2-3-14)24-32(29,30)12-26-7-6-16(23-26)9-25-10-19(27)22-20(25)28/h4-8,13-14,24H,2-3,9-12H2,1H3,(H,22,27,28)/t13-/m1/s1. The number of hydrogen-bond acceptors (Lipinski definition) is 6. The number of ether oxygens (including phenoxy) is 1. The molecule has 1 aromatic carbocycles. The number of nitrogens with one attached hydrogen (secondary N) is 2. The number of urea groups is 1. The van der Waals surface area contributed by atoms with Crippen LogP contribution in [0.3, 0.4) is 0 Å². The maximum Gasteiger partial charge on any atom is 0.324 e. The number of halogens is 1. The molecule has 3 amide bonds. The second kappa shape index (κ2) is 8.87. The monoisotopic (exact) mass is 465 g/mol. The van der Waals surface area contributed by atoms with Gasteiger partial charge < -0.3 is 9.64 Å². The van der Waals surface area contributed by atoms with Gasteiger partial charge in [-0.3, -0.25) is 14.8 Å². The summed E-state index contributed by atoms with van der Waals surface area (Å²) in [5.74, 6) is -0.733. The Balaban J connectivity index is 1.36. The average Bonchev–Trinajstić information content (AvgIpc) is 3.36. The van der Waals surface area contributed by atoms with Crippen LogP contribution in [0.25, 0.3) is 0 Å². The van der Waals surface area contributed by atoms with Crippen molar-refractivity contribution >= 4 is 22.0 Å². The van der Waals surface area contributed by atoms with Crippen molar-refractivity contribution in [1.29, 1.82) is 0 Å². The molecule has 2 aliphatic rings. The van der Waals surface area contributed by atoms with E-state index < -0.39 is 39.7 Å². The van der Waals surface area contributed by atoms with E-state index >= 15 is 0 Å². The zero-order chi connectivity index (χ0) is 22.9. The van der Waals surface area contributed by atoms with E-state index in [2.05, 4.69) is 15.1 Å². The SMILES string of the molecule is C[C@@H](NS(=O)(=O)Cn1ccc(CN2CC(=O)NC2=O)n1)c1ccc(F)c(OCC2CC2)c1. The molecule has 1 aromatic heterocycles. The second-order valence-corrected chi connectivity index (χ2v) is 9.81. The predicted molar refractivity (Wildman–Crippen MR) is 111 cm³/mol. The summed E-state index contributed by atoms with van der Waals surface area (Å²) in [7, 11) is -3.79. The summed E-state index contributed by atoms with van der Waals surface area (Å²) in [6.45, 7) is 2.14. The highest BCUT2D eigenvalue weighted by Gasteiger charge is 2.27. The van der Waals surface area contributed by atoms with Crippen molar-refractivity contribution in [3.63, 3.8) is 0 Å². The molecule has 0 unspecified atom stereocenters. The van der Waals surface area contributed by atoms with Gasteiger partial charge in [-0.15, -0.1) is 0 Å². The lowest BCUT2D eigenvalue weighted by Gasteiger charge is -2.16. The normalized spacial score (nSPS) is 17.5. The lowest BCUT2D eigenvalue weighted by Crippen LogP contribution is -2.30. The van der Waals surface area contributed by atoms with Crippen LogP contribution in [-0.2, 0) is 27.2 Å². The summed E-state index contributed by atoms with van der Waals surface area (Å²) in [5.41, 5.74) is 1.03. The van der Waals surface area contributed by atoms with Gasteiger partial charge in [0.05, 0.1) is 18.8 Å². The van der Waals surface area contributed by atoms with Crippen molar-refractivity contribution in [1.82, 2.24) is 24.7 Å². The van der Waals surface area contributed by atoms with Crippen molar-refractivity contribution in [2.45, 2.75) is 38.2 Å². The molecule has 0 spiro atoms. The maximum atomic E-state index is 14.0. The number of benzene rings is 1.